The summed E-state index contributed by atoms with van der Waals surface area (Å²) >= 11 is 0. The summed E-state index contributed by atoms with van der Waals surface area (Å²) < 4.78 is 5.49. The highest BCUT2D eigenvalue weighted by Gasteiger charge is 2.51. The standard InChI is InChI=1S/C28H40N4O5/c1-7-11-20(13-12-19(2)31-15-9-8-10-16-31)29-24(34)22-23(33)28(6)18-32(26(36)37-27(3,4)5)17-14-21(28)30-25(22)35/h7,11-13,21,33H,1-2,8-10,14-18H2,3-6H3,(H,29,34)(H,30,35)/b13-12-,20-11+/t21-,28-/m1/s1. The third-order valence-electron chi connectivity index (χ3n) is 6.94. The molecule has 0 bridgehead atoms. The van der Waals surface area contributed by atoms with Crippen molar-refractivity contribution in [3.8, 4) is 0 Å². The highest BCUT2D eigenvalue weighted by atomic mass is 16.6. The van der Waals surface area contributed by atoms with Gasteiger partial charge in [-0.15, -0.1) is 0 Å². The van der Waals surface area contributed by atoms with E-state index in [4.69, 9.17) is 4.74 Å². The lowest BCUT2D eigenvalue weighted by Gasteiger charge is -2.48. The van der Waals surface area contributed by atoms with E-state index in [1.165, 1.54) is 17.4 Å². The lowest BCUT2D eigenvalue weighted by atomic mass is 9.72. The lowest BCUT2D eigenvalue weighted by molar-refractivity contribution is -0.126. The number of aliphatic hydroxyl groups excluding tert-OH is 1. The number of allylic oxidation sites excluding steroid dienone is 4. The summed E-state index contributed by atoms with van der Waals surface area (Å²) in [5.41, 5.74) is -0.850. The fraction of sp³-hybridized carbons (Fsp3) is 0.536. The number of nitrogens with zero attached hydrogens (tertiary/aromatic N) is 2. The first-order chi connectivity index (χ1) is 17.4. The monoisotopic (exact) mass is 512 g/mol. The highest BCUT2D eigenvalue weighted by molar-refractivity contribution is 6.20. The van der Waals surface area contributed by atoms with Crippen molar-refractivity contribution in [2.24, 2.45) is 5.41 Å². The summed E-state index contributed by atoms with van der Waals surface area (Å²) in [7, 11) is 0. The molecule has 2 atom stereocenters. The Hall–Kier alpha value is -3.49. The molecule has 3 N–H and O–H groups in total. The number of likely N-dealkylation sites (tertiary alicyclic amines) is 2. The molecule has 3 aliphatic rings. The smallest absolute Gasteiger partial charge is 0.410 e. The molecule has 37 heavy (non-hydrogen) atoms. The average Bonchev–Trinajstić information content (AvgIpc) is 2.82. The van der Waals surface area contributed by atoms with Crippen LogP contribution in [0.3, 0.4) is 0 Å². The first-order valence-corrected chi connectivity index (χ1v) is 12.8. The second kappa shape index (κ2) is 11.3. The Balaban J connectivity index is 1.79. The van der Waals surface area contributed by atoms with Gasteiger partial charge in [0, 0.05) is 43.6 Å². The van der Waals surface area contributed by atoms with Gasteiger partial charge in [-0.2, -0.15) is 0 Å². The first kappa shape index (κ1) is 28.1. The number of hydrogen-bond acceptors (Lipinski definition) is 6. The van der Waals surface area contributed by atoms with Crippen molar-refractivity contribution in [2.45, 2.75) is 65.0 Å². The molecule has 0 aromatic rings. The lowest BCUT2D eigenvalue weighted by Crippen LogP contribution is -2.63. The Morgan fingerprint density at radius 3 is 2.46 bits per heavy atom. The quantitative estimate of drug-likeness (QED) is 0.370. The van der Waals surface area contributed by atoms with Crippen molar-refractivity contribution in [1.29, 1.82) is 0 Å². The number of fused-ring (bicyclic) bond motifs is 1. The predicted molar refractivity (Wildman–Crippen MR) is 142 cm³/mol. The molecular formula is C28H40N4O5. The second-order valence-corrected chi connectivity index (χ2v) is 11.0. The van der Waals surface area contributed by atoms with Gasteiger partial charge in [0.15, 0.2) is 0 Å². The summed E-state index contributed by atoms with van der Waals surface area (Å²) in [6.07, 6.45) is 10.0. The van der Waals surface area contributed by atoms with E-state index < -0.39 is 35.0 Å². The zero-order valence-electron chi connectivity index (χ0n) is 22.4. The largest absolute Gasteiger partial charge is 0.511 e. The van der Waals surface area contributed by atoms with Crippen LogP contribution in [0.2, 0.25) is 0 Å². The number of nitrogens with one attached hydrogen (secondary N) is 2. The first-order valence-electron chi connectivity index (χ1n) is 12.8. The van der Waals surface area contributed by atoms with Gasteiger partial charge in [-0.25, -0.2) is 4.79 Å². The van der Waals surface area contributed by atoms with E-state index in [2.05, 4.69) is 28.7 Å². The van der Waals surface area contributed by atoms with Crippen molar-refractivity contribution in [1.82, 2.24) is 20.4 Å². The number of carbonyl (C=O) groups excluding carboxylic acids is 3. The van der Waals surface area contributed by atoms with Gasteiger partial charge in [-0.05, 0) is 71.6 Å². The molecule has 2 fully saturated rings. The maximum atomic E-state index is 13.2. The molecule has 202 valence electrons. The Kier molecular flexibility index (Phi) is 8.56. The molecule has 3 amide bonds. The molecule has 0 unspecified atom stereocenters. The predicted octanol–water partition coefficient (Wildman–Crippen LogP) is 3.69. The molecule has 3 heterocycles. The summed E-state index contributed by atoms with van der Waals surface area (Å²) in [5.74, 6) is -1.74. The molecule has 9 nitrogen and oxygen atoms in total. The van der Waals surface area contributed by atoms with Crippen LogP contribution in [0.1, 0.15) is 53.4 Å². The van der Waals surface area contributed by atoms with Crippen LogP contribution in [-0.2, 0) is 14.3 Å². The van der Waals surface area contributed by atoms with Crippen LogP contribution < -0.4 is 10.6 Å². The molecule has 0 aromatic carbocycles. The Morgan fingerprint density at radius 1 is 1.16 bits per heavy atom. The van der Waals surface area contributed by atoms with E-state index in [1.54, 1.807) is 39.8 Å². The van der Waals surface area contributed by atoms with E-state index in [0.717, 1.165) is 31.6 Å². The van der Waals surface area contributed by atoms with Gasteiger partial charge in [0.25, 0.3) is 11.8 Å². The van der Waals surface area contributed by atoms with E-state index in [0.29, 0.717) is 18.7 Å². The zero-order chi connectivity index (χ0) is 27.4. The van der Waals surface area contributed by atoms with Crippen LogP contribution in [-0.4, -0.2) is 70.6 Å². The van der Waals surface area contributed by atoms with Crippen molar-refractivity contribution in [3.05, 3.63) is 60.2 Å². The van der Waals surface area contributed by atoms with Crippen molar-refractivity contribution in [2.75, 3.05) is 26.2 Å². The van der Waals surface area contributed by atoms with Gasteiger partial charge >= 0.3 is 6.09 Å². The number of rotatable bonds is 6. The second-order valence-electron chi connectivity index (χ2n) is 11.0. The summed E-state index contributed by atoms with van der Waals surface area (Å²) in [4.78, 5) is 42.5. The fourth-order valence-electron chi connectivity index (χ4n) is 4.91. The van der Waals surface area contributed by atoms with E-state index in [1.807, 2.05) is 6.08 Å². The maximum absolute atomic E-state index is 13.2. The molecule has 3 aliphatic heterocycles. The Bertz CT molecular complexity index is 1050. The van der Waals surface area contributed by atoms with E-state index >= 15 is 0 Å². The van der Waals surface area contributed by atoms with Crippen LogP contribution in [0.15, 0.2) is 60.2 Å². The maximum Gasteiger partial charge on any atom is 0.410 e. The van der Waals surface area contributed by atoms with Crippen LogP contribution >= 0.6 is 0 Å². The highest BCUT2D eigenvalue weighted by Crippen LogP contribution is 2.40. The number of aliphatic hydroxyl groups is 1. The third-order valence-corrected chi connectivity index (χ3v) is 6.94. The molecule has 0 saturated carbocycles. The number of hydrogen-bond donors (Lipinski definition) is 3. The van der Waals surface area contributed by atoms with Gasteiger partial charge in [0.05, 0.1) is 5.41 Å². The fourth-order valence-corrected chi connectivity index (χ4v) is 4.91. The molecule has 0 spiro atoms. The minimum Gasteiger partial charge on any atom is -0.511 e. The Labute approximate surface area is 219 Å². The number of amides is 3. The Morgan fingerprint density at radius 2 is 1.84 bits per heavy atom. The van der Waals surface area contributed by atoms with Crippen LogP contribution in [0.25, 0.3) is 0 Å². The minimum absolute atomic E-state index is 0.0976. The molecular weight excluding hydrogens is 472 g/mol. The van der Waals surface area contributed by atoms with Gasteiger partial charge < -0.3 is 30.3 Å². The van der Waals surface area contributed by atoms with Gasteiger partial charge in [0.1, 0.15) is 16.9 Å². The summed E-state index contributed by atoms with van der Waals surface area (Å²) in [6.45, 7) is 17.2. The number of carbonyl (C=O) groups is 3. The van der Waals surface area contributed by atoms with Crippen molar-refractivity contribution < 1.29 is 24.2 Å². The summed E-state index contributed by atoms with van der Waals surface area (Å²) in [5, 5.41) is 16.8. The molecule has 0 aromatic heterocycles. The average molecular weight is 513 g/mol. The minimum atomic E-state index is -1.05. The zero-order valence-corrected chi connectivity index (χ0v) is 22.4. The van der Waals surface area contributed by atoms with E-state index in [9.17, 15) is 19.5 Å². The van der Waals surface area contributed by atoms with Gasteiger partial charge in [-0.1, -0.05) is 19.2 Å². The van der Waals surface area contributed by atoms with Crippen LogP contribution in [0.5, 0.6) is 0 Å². The normalized spacial score (nSPS) is 24.9. The van der Waals surface area contributed by atoms with Crippen molar-refractivity contribution >= 4 is 17.9 Å². The summed E-state index contributed by atoms with van der Waals surface area (Å²) in [6, 6.07) is -0.425. The molecule has 0 radical (unpaired) electrons. The molecule has 3 rings (SSSR count). The number of piperidine rings is 2. The van der Waals surface area contributed by atoms with Crippen molar-refractivity contribution in [3.63, 3.8) is 0 Å². The SMILES string of the molecule is C=C/C=C(\C=C/C(=C)N1CCCCC1)NC(=O)C1=C(O)[C@]2(C)CN(C(=O)OC(C)(C)C)CC[C@H]2NC1=O. The molecule has 0 aliphatic carbocycles. The van der Waals surface area contributed by atoms with Gasteiger partial charge in [-0.3, -0.25) is 9.59 Å². The number of ether oxygens (including phenoxy) is 1. The molecule has 2 saturated heterocycles. The van der Waals surface area contributed by atoms with E-state index in [-0.39, 0.29) is 17.9 Å². The topological polar surface area (TPSA) is 111 Å². The van der Waals surface area contributed by atoms with Gasteiger partial charge in [0.2, 0.25) is 0 Å². The van der Waals surface area contributed by atoms with Crippen LogP contribution in [0, 0.1) is 5.41 Å². The molecule has 9 heteroatoms. The third kappa shape index (κ3) is 6.64. The van der Waals surface area contributed by atoms with Crippen LogP contribution in [0.4, 0.5) is 4.79 Å².